The lowest BCUT2D eigenvalue weighted by atomic mass is 10.1. The van der Waals surface area contributed by atoms with Gasteiger partial charge in [-0.05, 0) is 20.5 Å². The minimum atomic E-state index is 0.294. The molecule has 0 aliphatic rings. The van der Waals surface area contributed by atoms with E-state index >= 15 is 0 Å². The van der Waals surface area contributed by atoms with E-state index in [0.717, 1.165) is 6.42 Å². The molecule has 14 heavy (non-hydrogen) atoms. The monoisotopic (exact) mass is 201 g/mol. The Labute approximate surface area is 89.3 Å². The molecule has 0 bridgehead atoms. The summed E-state index contributed by atoms with van der Waals surface area (Å²) in [6, 6.07) is 0.362. The fourth-order valence-electron chi connectivity index (χ4n) is 1.67. The van der Waals surface area contributed by atoms with Gasteiger partial charge >= 0.3 is 0 Å². The molecule has 0 fully saturated rings. The number of rotatable bonds is 9. The van der Waals surface area contributed by atoms with E-state index in [1.807, 2.05) is 14.1 Å². The van der Waals surface area contributed by atoms with Gasteiger partial charge in [-0.25, -0.2) is 0 Å². The van der Waals surface area contributed by atoms with Crippen LogP contribution in [0.2, 0.25) is 0 Å². The van der Waals surface area contributed by atoms with Crippen molar-refractivity contribution in [3.05, 3.63) is 0 Å². The number of aliphatic hydroxyl groups is 1. The van der Waals surface area contributed by atoms with Gasteiger partial charge in [0.15, 0.2) is 0 Å². The topological polar surface area (TPSA) is 23.5 Å². The molecule has 0 heterocycles. The molecular formula is C12H27NO. The van der Waals surface area contributed by atoms with E-state index in [-0.39, 0.29) is 0 Å². The molecule has 0 radical (unpaired) electrons. The molecule has 0 amide bonds. The predicted molar refractivity (Wildman–Crippen MR) is 62.6 cm³/mol. The average molecular weight is 201 g/mol. The van der Waals surface area contributed by atoms with Crippen LogP contribution in [0.4, 0.5) is 0 Å². The zero-order chi connectivity index (χ0) is 10.8. The van der Waals surface area contributed by atoms with Gasteiger partial charge in [-0.3, -0.25) is 0 Å². The Morgan fingerprint density at radius 2 is 1.57 bits per heavy atom. The molecule has 0 rings (SSSR count). The van der Waals surface area contributed by atoms with E-state index in [1.54, 1.807) is 0 Å². The lowest BCUT2D eigenvalue weighted by Crippen LogP contribution is -2.31. The summed E-state index contributed by atoms with van der Waals surface area (Å²) in [5.74, 6) is 0. The van der Waals surface area contributed by atoms with E-state index in [0.29, 0.717) is 12.6 Å². The van der Waals surface area contributed by atoms with Crippen molar-refractivity contribution in [2.24, 2.45) is 0 Å². The van der Waals surface area contributed by atoms with Crippen LogP contribution >= 0.6 is 0 Å². The van der Waals surface area contributed by atoms with E-state index in [1.165, 1.54) is 38.5 Å². The van der Waals surface area contributed by atoms with Crippen LogP contribution in [0, 0.1) is 0 Å². The van der Waals surface area contributed by atoms with Crippen molar-refractivity contribution in [1.82, 2.24) is 4.90 Å². The molecule has 0 aliphatic heterocycles. The summed E-state index contributed by atoms with van der Waals surface area (Å²) in [5, 5.41) is 9.10. The lowest BCUT2D eigenvalue weighted by Gasteiger charge is -2.21. The van der Waals surface area contributed by atoms with Gasteiger partial charge in [0, 0.05) is 6.04 Å². The number of aliphatic hydroxyl groups excluding tert-OH is 1. The number of nitrogens with zero attached hydrogens (tertiary/aromatic N) is 1. The Bertz CT molecular complexity index is 115. The maximum atomic E-state index is 9.10. The molecule has 0 aromatic carbocycles. The Kier molecular flexibility index (Phi) is 9.42. The van der Waals surface area contributed by atoms with Crippen LogP contribution in [0.5, 0.6) is 0 Å². The fraction of sp³-hybridized carbons (Fsp3) is 1.00. The first kappa shape index (κ1) is 13.9. The Morgan fingerprint density at radius 3 is 2.07 bits per heavy atom. The van der Waals surface area contributed by atoms with E-state index in [4.69, 9.17) is 5.11 Å². The molecule has 1 N–H and O–H groups in total. The van der Waals surface area contributed by atoms with E-state index in [9.17, 15) is 0 Å². The number of hydrogen-bond donors (Lipinski definition) is 1. The first-order valence-corrected chi connectivity index (χ1v) is 5.99. The maximum Gasteiger partial charge on any atom is 0.0586 e. The normalized spacial score (nSPS) is 13.5. The molecule has 1 atom stereocenters. The zero-order valence-electron chi connectivity index (χ0n) is 10.1. The highest BCUT2D eigenvalue weighted by atomic mass is 16.3. The van der Waals surface area contributed by atoms with Crippen molar-refractivity contribution >= 4 is 0 Å². The molecule has 0 spiro atoms. The standard InChI is InChI=1S/C12H27NO/c1-4-5-6-7-8-9-10-12(11-14)13(2)3/h12,14H,4-11H2,1-3H3. The Hall–Kier alpha value is -0.0800. The molecule has 0 saturated carbocycles. The minimum absolute atomic E-state index is 0.294. The Balaban J connectivity index is 3.25. The van der Waals surface area contributed by atoms with Crippen LogP contribution in [0.25, 0.3) is 0 Å². The molecule has 2 nitrogen and oxygen atoms in total. The number of hydrogen-bond acceptors (Lipinski definition) is 2. The number of unbranched alkanes of at least 4 members (excludes halogenated alkanes) is 5. The summed E-state index contributed by atoms with van der Waals surface area (Å²) in [5.41, 5.74) is 0. The van der Waals surface area contributed by atoms with Crippen molar-refractivity contribution in [1.29, 1.82) is 0 Å². The van der Waals surface area contributed by atoms with Gasteiger partial charge in [-0.2, -0.15) is 0 Å². The van der Waals surface area contributed by atoms with Crippen molar-refractivity contribution in [2.45, 2.75) is 57.9 Å². The molecule has 86 valence electrons. The Morgan fingerprint density at radius 1 is 1.00 bits per heavy atom. The summed E-state index contributed by atoms with van der Waals surface area (Å²) in [6.45, 7) is 2.54. The van der Waals surface area contributed by atoms with Crippen molar-refractivity contribution < 1.29 is 5.11 Å². The maximum absolute atomic E-state index is 9.10. The van der Waals surface area contributed by atoms with Crippen LogP contribution in [-0.4, -0.2) is 36.8 Å². The highest BCUT2D eigenvalue weighted by Crippen LogP contribution is 2.10. The van der Waals surface area contributed by atoms with Crippen molar-refractivity contribution in [2.75, 3.05) is 20.7 Å². The molecule has 0 aliphatic carbocycles. The lowest BCUT2D eigenvalue weighted by molar-refractivity contribution is 0.159. The van der Waals surface area contributed by atoms with Crippen LogP contribution < -0.4 is 0 Å². The second-order valence-electron chi connectivity index (χ2n) is 4.36. The SMILES string of the molecule is CCCCCCCCC(CO)N(C)C. The van der Waals surface area contributed by atoms with Gasteiger partial charge in [-0.1, -0.05) is 45.4 Å². The van der Waals surface area contributed by atoms with Crippen LogP contribution in [0.1, 0.15) is 51.9 Å². The molecule has 2 heteroatoms. The first-order valence-electron chi connectivity index (χ1n) is 5.99. The molecule has 0 aromatic heterocycles. The highest BCUT2D eigenvalue weighted by molar-refractivity contribution is 4.64. The molecule has 0 saturated heterocycles. The van der Waals surface area contributed by atoms with Gasteiger partial charge in [0.05, 0.1) is 6.61 Å². The predicted octanol–water partition coefficient (Wildman–Crippen LogP) is 2.66. The summed E-state index contributed by atoms with van der Waals surface area (Å²) in [7, 11) is 4.08. The third-order valence-corrected chi connectivity index (χ3v) is 2.83. The smallest absolute Gasteiger partial charge is 0.0586 e. The van der Waals surface area contributed by atoms with Crippen LogP contribution in [0.15, 0.2) is 0 Å². The summed E-state index contributed by atoms with van der Waals surface area (Å²) in [4.78, 5) is 2.12. The number of likely N-dealkylation sites (N-methyl/N-ethyl adjacent to an activating group) is 1. The molecule has 0 aromatic rings. The third-order valence-electron chi connectivity index (χ3n) is 2.83. The molecular weight excluding hydrogens is 174 g/mol. The zero-order valence-corrected chi connectivity index (χ0v) is 10.1. The van der Waals surface area contributed by atoms with Gasteiger partial charge < -0.3 is 10.0 Å². The van der Waals surface area contributed by atoms with Gasteiger partial charge in [0.1, 0.15) is 0 Å². The largest absolute Gasteiger partial charge is 0.395 e. The first-order chi connectivity index (χ1) is 6.72. The summed E-state index contributed by atoms with van der Waals surface area (Å²) >= 11 is 0. The second kappa shape index (κ2) is 9.47. The average Bonchev–Trinajstić information content (AvgIpc) is 2.16. The van der Waals surface area contributed by atoms with Crippen molar-refractivity contribution in [3.63, 3.8) is 0 Å². The van der Waals surface area contributed by atoms with Crippen molar-refractivity contribution in [3.8, 4) is 0 Å². The van der Waals surface area contributed by atoms with Crippen LogP contribution in [-0.2, 0) is 0 Å². The quantitative estimate of drug-likeness (QED) is 0.580. The van der Waals surface area contributed by atoms with E-state index < -0.39 is 0 Å². The van der Waals surface area contributed by atoms with Gasteiger partial charge in [0.2, 0.25) is 0 Å². The summed E-state index contributed by atoms with van der Waals surface area (Å²) < 4.78 is 0. The fourth-order valence-corrected chi connectivity index (χ4v) is 1.67. The second-order valence-corrected chi connectivity index (χ2v) is 4.36. The van der Waals surface area contributed by atoms with E-state index in [2.05, 4.69) is 11.8 Å². The van der Waals surface area contributed by atoms with Gasteiger partial charge in [0.25, 0.3) is 0 Å². The van der Waals surface area contributed by atoms with Gasteiger partial charge in [-0.15, -0.1) is 0 Å². The highest BCUT2D eigenvalue weighted by Gasteiger charge is 2.08. The van der Waals surface area contributed by atoms with Crippen LogP contribution in [0.3, 0.4) is 0 Å². The molecule has 1 unspecified atom stereocenters. The summed E-state index contributed by atoms with van der Waals surface area (Å²) in [6.07, 6.45) is 9.14. The third kappa shape index (κ3) is 7.34. The minimum Gasteiger partial charge on any atom is -0.395 e.